The van der Waals surface area contributed by atoms with Crippen LogP contribution >= 0.6 is 11.3 Å². The average Bonchev–Trinajstić information content (AvgIpc) is 3.43. The third-order valence-electron chi connectivity index (χ3n) is 5.36. The molecular weight excluding hydrogens is 448 g/mol. The van der Waals surface area contributed by atoms with Gasteiger partial charge in [-0.2, -0.15) is 0 Å². The average molecular weight is 471 g/mol. The summed E-state index contributed by atoms with van der Waals surface area (Å²) in [4.78, 5) is 30.9. The Morgan fingerprint density at radius 3 is 2.53 bits per heavy atom. The van der Waals surface area contributed by atoms with Crippen molar-refractivity contribution in [2.24, 2.45) is 5.92 Å². The summed E-state index contributed by atoms with van der Waals surface area (Å²) in [5, 5.41) is 4.74. The number of carbonyl (C=O) groups is 2. The molecule has 2 amide bonds. The fourth-order valence-electron chi connectivity index (χ4n) is 3.60. The van der Waals surface area contributed by atoms with Gasteiger partial charge in [-0.1, -0.05) is 30.3 Å². The van der Waals surface area contributed by atoms with Crippen molar-refractivity contribution in [3.8, 4) is 0 Å². The van der Waals surface area contributed by atoms with Gasteiger partial charge < -0.3 is 10.2 Å². The maximum atomic E-state index is 12.7. The Hall–Kier alpha value is -3.24. The lowest BCUT2D eigenvalue weighted by molar-refractivity contribution is -0.129. The molecule has 0 bridgehead atoms. The molecule has 2 heterocycles. The molecule has 0 saturated carbocycles. The van der Waals surface area contributed by atoms with E-state index in [-0.39, 0.29) is 34.3 Å². The zero-order valence-corrected chi connectivity index (χ0v) is 18.9. The van der Waals surface area contributed by atoms with E-state index in [9.17, 15) is 18.0 Å². The van der Waals surface area contributed by atoms with Crippen LogP contribution in [0.25, 0.3) is 0 Å². The van der Waals surface area contributed by atoms with E-state index in [1.807, 2.05) is 37.3 Å². The number of likely N-dealkylation sites (tertiary alicyclic amines) is 1. The summed E-state index contributed by atoms with van der Waals surface area (Å²) in [5.74, 6) is -0.794. The van der Waals surface area contributed by atoms with Crippen LogP contribution in [-0.4, -0.2) is 36.7 Å². The Bertz CT molecular complexity index is 1200. The van der Waals surface area contributed by atoms with Gasteiger partial charge in [-0.15, -0.1) is 11.3 Å². The Labute approximate surface area is 190 Å². The van der Waals surface area contributed by atoms with Crippen molar-refractivity contribution in [1.82, 2.24) is 9.88 Å². The molecule has 1 saturated heterocycles. The Balaban J connectivity index is 1.38. The summed E-state index contributed by atoms with van der Waals surface area (Å²) < 4.78 is 27.2. The first-order chi connectivity index (χ1) is 15.3. The number of amides is 2. The molecule has 1 aliphatic rings. The molecule has 32 heavy (non-hydrogen) atoms. The summed E-state index contributed by atoms with van der Waals surface area (Å²) in [6.07, 6.45) is 1.66. The van der Waals surface area contributed by atoms with Crippen LogP contribution in [0, 0.1) is 5.92 Å². The summed E-state index contributed by atoms with van der Waals surface area (Å²) in [5.41, 5.74) is 1.48. The first-order valence-electron chi connectivity index (χ1n) is 10.0. The third kappa shape index (κ3) is 4.81. The molecule has 8 nitrogen and oxygen atoms in total. The highest BCUT2D eigenvalue weighted by molar-refractivity contribution is 7.93. The molecule has 0 unspecified atom stereocenters. The lowest BCUT2D eigenvalue weighted by atomic mass is 10.1. The molecule has 3 aromatic rings. The van der Waals surface area contributed by atoms with E-state index >= 15 is 0 Å². The van der Waals surface area contributed by atoms with E-state index in [1.165, 1.54) is 41.8 Å². The molecular formula is C22H22N4O4S2. The van der Waals surface area contributed by atoms with E-state index < -0.39 is 15.9 Å². The quantitative estimate of drug-likeness (QED) is 0.549. The highest BCUT2D eigenvalue weighted by atomic mass is 32.2. The Kier molecular flexibility index (Phi) is 6.24. The number of aromatic nitrogens is 1. The first kappa shape index (κ1) is 22.0. The van der Waals surface area contributed by atoms with Crippen LogP contribution in [0.3, 0.4) is 0 Å². The minimum atomic E-state index is -3.76. The number of nitrogens with zero attached hydrogens (tertiary/aromatic N) is 2. The number of nitrogens with one attached hydrogen (secondary N) is 2. The smallest absolute Gasteiger partial charge is 0.263 e. The molecule has 4 rings (SSSR count). The van der Waals surface area contributed by atoms with Crippen LogP contribution in [0.4, 0.5) is 10.8 Å². The van der Waals surface area contributed by atoms with E-state index in [4.69, 9.17) is 0 Å². The van der Waals surface area contributed by atoms with E-state index in [2.05, 4.69) is 15.0 Å². The molecule has 10 heteroatoms. The fourth-order valence-corrected chi connectivity index (χ4v) is 5.39. The molecule has 2 atom stereocenters. The fraction of sp³-hybridized carbons (Fsp3) is 0.227. The van der Waals surface area contributed by atoms with Gasteiger partial charge in [-0.3, -0.25) is 14.3 Å². The summed E-state index contributed by atoms with van der Waals surface area (Å²) in [6.45, 7) is 2.29. The Morgan fingerprint density at radius 2 is 1.88 bits per heavy atom. The first-order valence-corrected chi connectivity index (χ1v) is 12.4. The van der Waals surface area contributed by atoms with Gasteiger partial charge in [0.25, 0.3) is 10.0 Å². The van der Waals surface area contributed by atoms with Gasteiger partial charge in [-0.25, -0.2) is 13.4 Å². The molecule has 0 spiro atoms. The van der Waals surface area contributed by atoms with Gasteiger partial charge in [0.15, 0.2) is 5.13 Å². The number of thiazole rings is 1. The van der Waals surface area contributed by atoms with Crippen molar-refractivity contribution >= 4 is 44.0 Å². The van der Waals surface area contributed by atoms with E-state index in [0.29, 0.717) is 12.2 Å². The molecule has 0 radical (unpaired) electrons. The number of benzene rings is 2. The maximum Gasteiger partial charge on any atom is 0.263 e. The summed E-state index contributed by atoms with van der Waals surface area (Å²) in [6, 6.07) is 15.4. The number of hydrogen-bond acceptors (Lipinski definition) is 6. The molecule has 2 aromatic carbocycles. The van der Waals surface area contributed by atoms with Crippen LogP contribution in [0.15, 0.2) is 71.1 Å². The second-order valence-electron chi connectivity index (χ2n) is 7.49. The van der Waals surface area contributed by atoms with Crippen molar-refractivity contribution < 1.29 is 18.0 Å². The van der Waals surface area contributed by atoms with Gasteiger partial charge in [0.2, 0.25) is 11.8 Å². The normalized spacial score (nSPS) is 17.2. The second-order valence-corrected chi connectivity index (χ2v) is 10.1. The predicted octanol–water partition coefficient (Wildman–Crippen LogP) is 3.49. The van der Waals surface area contributed by atoms with Gasteiger partial charge in [-0.05, 0) is 36.8 Å². The van der Waals surface area contributed by atoms with Crippen LogP contribution in [-0.2, 0) is 19.6 Å². The monoisotopic (exact) mass is 470 g/mol. The minimum absolute atomic E-state index is 0.0591. The number of sulfonamides is 1. The Morgan fingerprint density at radius 1 is 1.16 bits per heavy atom. The zero-order valence-electron chi connectivity index (χ0n) is 17.3. The lowest BCUT2D eigenvalue weighted by Gasteiger charge is -2.25. The second kappa shape index (κ2) is 9.09. The largest absolute Gasteiger partial charge is 0.335 e. The van der Waals surface area contributed by atoms with E-state index in [1.54, 1.807) is 10.3 Å². The third-order valence-corrected chi connectivity index (χ3v) is 7.54. The molecule has 1 fully saturated rings. The topological polar surface area (TPSA) is 108 Å². The maximum absolute atomic E-state index is 12.7. The van der Waals surface area contributed by atoms with E-state index in [0.717, 1.165) is 5.56 Å². The van der Waals surface area contributed by atoms with Crippen molar-refractivity contribution in [3.63, 3.8) is 0 Å². The molecule has 2 N–H and O–H groups in total. The van der Waals surface area contributed by atoms with Crippen LogP contribution < -0.4 is 10.0 Å². The number of carbonyl (C=O) groups excluding carboxylic acids is 2. The highest BCUT2D eigenvalue weighted by Gasteiger charge is 2.37. The number of anilines is 2. The van der Waals surface area contributed by atoms with Crippen LogP contribution in [0.1, 0.15) is 24.9 Å². The van der Waals surface area contributed by atoms with Gasteiger partial charge >= 0.3 is 0 Å². The molecule has 0 aliphatic carbocycles. The highest BCUT2D eigenvalue weighted by Crippen LogP contribution is 2.29. The van der Waals surface area contributed by atoms with Crippen LogP contribution in [0.5, 0.6) is 0 Å². The summed E-state index contributed by atoms with van der Waals surface area (Å²) >= 11 is 1.18. The van der Waals surface area contributed by atoms with Crippen molar-refractivity contribution in [1.29, 1.82) is 0 Å². The van der Waals surface area contributed by atoms with Crippen molar-refractivity contribution in [2.45, 2.75) is 24.3 Å². The zero-order chi connectivity index (χ0) is 22.7. The summed E-state index contributed by atoms with van der Waals surface area (Å²) in [7, 11) is -3.76. The molecule has 1 aromatic heterocycles. The number of hydrogen-bond donors (Lipinski definition) is 2. The number of rotatable bonds is 7. The predicted molar refractivity (Wildman–Crippen MR) is 123 cm³/mol. The van der Waals surface area contributed by atoms with Crippen molar-refractivity contribution in [2.75, 3.05) is 16.6 Å². The van der Waals surface area contributed by atoms with Crippen molar-refractivity contribution in [3.05, 3.63) is 71.7 Å². The van der Waals surface area contributed by atoms with Gasteiger partial charge in [0.05, 0.1) is 16.9 Å². The van der Waals surface area contributed by atoms with Gasteiger partial charge in [0, 0.05) is 30.2 Å². The van der Waals surface area contributed by atoms with Gasteiger partial charge in [0.1, 0.15) is 0 Å². The van der Waals surface area contributed by atoms with Crippen LogP contribution in [0.2, 0.25) is 0 Å². The lowest BCUT2D eigenvalue weighted by Crippen LogP contribution is -2.30. The molecule has 166 valence electrons. The minimum Gasteiger partial charge on any atom is -0.335 e. The molecule has 1 aliphatic heterocycles. The standard InChI is InChI=1S/C22H22N4O4S2/c1-15(16-5-3-2-4-6-16)26-14-17(13-20(26)27)21(28)24-18-7-9-19(10-8-18)32(29,30)25-22-23-11-12-31-22/h2-12,15,17H,13-14H2,1H3,(H,23,25)(H,24,28)/t15-,17+/m1/s1. The SMILES string of the molecule is C[C@H](c1ccccc1)N1C[C@@H](C(=O)Nc2ccc(S(=O)(=O)Nc3nccs3)cc2)CC1=O.